The molecule has 1 aromatic heterocycles. The lowest BCUT2D eigenvalue weighted by molar-refractivity contribution is 0.0771. The molecule has 0 radical (unpaired) electrons. The summed E-state index contributed by atoms with van der Waals surface area (Å²) in [5.41, 5.74) is 2.97. The average Bonchev–Trinajstić information content (AvgIpc) is 3.18. The zero-order chi connectivity index (χ0) is 18.6. The highest BCUT2D eigenvalue weighted by Gasteiger charge is 2.28. The molecule has 1 atom stereocenters. The van der Waals surface area contributed by atoms with E-state index in [-0.39, 0.29) is 12.0 Å². The number of pyridine rings is 1. The number of anilines is 1. The molecule has 1 amide bonds. The molecule has 0 saturated carbocycles. The number of aromatic nitrogens is 1. The maximum absolute atomic E-state index is 12.8. The molecule has 6 heteroatoms. The molecule has 0 spiro atoms. The molecule has 2 aliphatic heterocycles. The summed E-state index contributed by atoms with van der Waals surface area (Å²) >= 11 is 0. The monoisotopic (exact) mass is 367 g/mol. The number of ether oxygens (including phenoxy) is 2. The molecule has 6 nitrogen and oxygen atoms in total. The highest BCUT2D eigenvalue weighted by molar-refractivity contribution is 5.94. The second-order valence-electron chi connectivity index (χ2n) is 7.10. The summed E-state index contributed by atoms with van der Waals surface area (Å²) in [5, 5.41) is 0. The van der Waals surface area contributed by atoms with Crippen LogP contribution < -0.4 is 9.64 Å². The first-order valence-electron chi connectivity index (χ1n) is 9.50. The minimum absolute atomic E-state index is 0.00298. The Morgan fingerprint density at radius 2 is 1.89 bits per heavy atom. The van der Waals surface area contributed by atoms with Gasteiger partial charge in [0, 0.05) is 49.6 Å². The SMILES string of the molecule is Cc1ccc(OC2CCN(C(=O)c3ccc(N4CCOCC4)cc3)C2)nc1. The number of hydrogen-bond acceptors (Lipinski definition) is 5. The number of hydrogen-bond donors (Lipinski definition) is 0. The largest absolute Gasteiger partial charge is 0.472 e. The van der Waals surface area contributed by atoms with Gasteiger partial charge in [-0.2, -0.15) is 0 Å². The van der Waals surface area contributed by atoms with E-state index in [0.717, 1.165) is 49.5 Å². The fourth-order valence-electron chi connectivity index (χ4n) is 3.52. The number of rotatable bonds is 4. The van der Waals surface area contributed by atoms with Gasteiger partial charge in [-0.15, -0.1) is 0 Å². The van der Waals surface area contributed by atoms with Gasteiger partial charge < -0.3 is 19.3 Å². The molecule has 1 aromatic carbocycles. The Labute approximate surface area is 159 Å². The van der Waals surface area contributed by atoms with Gasteiger partial charge in [-0.1, -0.05) is 6.07 Å². The third kappa shape index (κ3) is 4.22. The molecule has 0 N–H and O–H groups in total. The fourth-order valence-corrected chi connectivity index (χ4v) is 3.52. The number of nitrogens with zero attached hydrogens (tertiary/aromatic N) is 3. The zero-order valence-electron chi connectivity index (χ0n) is 15.6. The summed E-state index contributed by atoms with van der Waals surface area (Å²) in [4.78, 5) is 21.2. The van der Waals surface area contributed by atoms with Gasteiger partial charge in [0.1, 0.15) is 6.10 Å². The summed E-state index contributed by atoms with van der Waals surface area (Å²) in [6.45, 7) is 6.60. The Balaban J connectivity index is 1.34. The van der Waals surface area contributed by atoms with Crippen molar-refractivity contribution < 1.29 is 14.3 Å². The lowest BCUT2D eigenvalue weighted by Gasteiger charge is -2.29. The van der Waals surface area contributed by atoms with Crippen molar-refractivity contribution in [3.63, 3.8) is 0 Å². The number of carbonyl (C=O) groups excluding carboxylic acids is 1. The van der Waals surface area contributed by atoms with Crippen LogP contribution in [0.5, 0.6) is 5.88 Å². The van der Waals surface area contributed by atoms with Crippen molar-refractivity contribution in [1.82, 2.24) is 9.88 Å². The molecule has 2 aromatic rings. The number of morpholine rings is 1. The molecule has 142 valence electrons. The van der Waals surface area contributed by atoms with Crippen LogP contribution in [0.15, 0.2) is 42.6 Å². The van der Waals surface area contributed by atoms with Crippen LogP contribution in [0.2, 0.25) is 0 Å². The molecule has 2 saturated heterocycles. The fraction of sp³-hybridized carbons (Fsp3) is 0.429. The predicted molar refractivity (Wildman–Crippen MR) is 103 cm³/mol. The number of amides is 1. The van der Waals surface area contributed by atoms with E-state index in [4.69, 9.17) is 9.47 Å². The van der Waals surface area contributed by atoms with E-state index >= 15 is 0 Å². The van der Waals surface area contributed by atoms with Crippen LogP contribution >= 0.6 is 0 Å². The van der Waals surface area contributed by atoms with Crippen molar-refractivity contribution in [3.8, 4) is 5.88 Å². The maximum atomic E-state index is 12.8. The van der Waals surface area contributed by atoms with Crippen LogP contribution in [-0.2, 0) is 4.74 Å². The minimum atomic E-state index is -0.00298. The molecule has 0 aliphatic carbocycles. The van der Waals surface area contributed by atoms with Gasteiger partial charge in [-0.25, -0.2) is 4.98 Å². The average molecular weight is 367 g/mol. The topological polar surface area (TPSA) is 54.9 Å². The molecular weight excluding hydrogens is 342 g/mol. The van der Waals surface area contributed by atoms with E-state index in [1.54, 1.807) is 6.20 Å². The summed E-state index contributed by atoms with van der Waals surface area (Å²) in [6.07, 6.45) is 2.62. The normalized spacial score (nSPS) is 20.0. The van der Waals surface area contributed by atoms with Crippen LogP contribution in [0.25, 0.3) is 0 Å². The van der Waals surface area contributed by atoms with E-state index in [9.17, 15) is 4.79 Å². The first-order chi connectivity index (χ1) is 13.2. The molecular formula is C21H25N3O3. The van der Waals surface area contributed by atoms with E-state index in [0.29, 0.717) is 19.0 Å². The van der Waals surface area contributed by atoms with Crippen molar-refractivity contribution >= 4 is 11.6 Å². The quantitative estimate of drug-likeness (QED) is 0.831. The minimum Gasteiger partial charge on any atom is -0.472 e. The summed E-state index contributed by atoms with van der Waals surface area (Å²) in [6, 6.07) is 11.8. The number of aryl methyl sites for hydroxylation is 1. The molecule has 4 rings (SSSR count). The molecule has 3 heterocycles. The molecule has 27 heavy (non-hydrogen) atoms. The Bertz CT molecular complexity index is 770. The van der Waals surface area contributed by atoms with Crippen LogP contribution in [0.4, 0.5) is 5.69 Å². The Morgan fingerprint density at radius 1 is 1.11 bits per heavy atom. The third-order valence-corrected chi connectivity index (χ3v) is 5.09. The van der Waals surface area contributed by atoms with Crippen molar-refractivity contribution in [1.29, 1.82) is 0 Å². The summed E-state index contributed by atoms with van der Waals surface area (Å²) in [7, 11) is 0. The van der Waals surface area contributed by atoms with Crippen molar-refractivity contribution in [3.05, 3.63) is 53.7 Å². The smallest absolute Gasteiger partial charge is 0.253 e. The van der Waals surface area contributed by atoms with Crippen LogP contribution in [0.1, 0.15) is 22.3 Å². The van der Waals surface area contributed by atoms with E-state index in [1.807, 2.05) is 48.2 Å². The van der Waals surface area contributed by atoms with Gasteiger partial charge in [-0.3, -0.25) is 4.79 Å². The van der Waals surface area contributed by atoms with E-state index in [2.05, 4.69) is 9.88 Å². The number of likely N-dealkylation sites (tertiary alicyclic amines) is 1. The zero-order valence-corrected chi connectivity index (χ0v) is 15.6. The van der Waals surface area contributed by atoms with Gasteiger partial charge in [0.2, 0.25) is 5.88 Å². The van der Waals surface area contributed by atoms with E-state index in [1.165, 1.54) is 0 Å². The molecule has 0 bridgehead atoms. The van der Waals surface area contributed by atoms with E-state index < -0.39 is 0 Å². The van der Waals surface area contributed by atoms with Gasteiger partial charge in [0.05, 0.1) is 19.8 Å². The third-order valence-electron chi connectivity index (χ3n) is 5.09. The van der Waals surface area contributed by atoms with Crippen LogP contribution in [0, 0.1) is 6.92 Å². The first-order valence-corrected chi connectivity index (χ1v) is 9.50. The summed E-state index contributed by atoms with van der Waals surface area (Å²) < 4.78 is 11.3. The first kappa shape index (κ1) is 17.8. The van der Waals surface area contributed by atoms with Gasteiger partial charge >= 0.3 is 0 Å². The van der Waals surface area contributed by atoms with Gasteiger partial charge in [0.15, 0.2) is 0 Å². The lowest BCUT2D eigenvalue weighted by atomic mass is 10.1. The predicted octanol–water partition coefficient (Wildman–Crippen LogP) is 2.52. The van der Waals surface area contributed by atoms with Gasteiger partial charge in [0.25, 0.3) is 5.91 Å². The summed E-state index contributed by atoms with van der Waals surface area (Å²) in [5.74, 6) is 0.682. The highest BCUT2D eigenvalue weighted by Crippen LogP contribution is 2.21. The molecule has 2 aliphatic rings. The molecule has 1 unspecified atom stereocenters. The van der Waals surface area contributed by atoms with Crippen molar-refractivity contribution in [2.75, 3.05) is 44.3 Å². The van der Waals surface area contributed by atoms with Gasteiger partial charge in [-0.05, 0) is 36.8 Å². The second-order valence-corrected chi connectivity index (χ2v) is 7.10. The standard InChI is InChI=1S/C21H25N3O3/c1-16-2-7-20(22-14-16)27-19-8-9-24(15-19)21(25)17-3-5-18(6-4-17)23-10-12-26-13-11-23/h2-7,14,19H,8-13,15H2,1H3. The Kier molecular flexibility index (Phi) is 5.25. The Morgan fingerprint density at radius 3 is 2.59 bits per heavy atom. The number of benzene rings is 1. The van der Waals surface area contributed by atoms with Crippen LogP contribution in [-0.4, -0.2) is 61.3 Å². The van der Waals surface area contributed by atoms with Crippen LogP contribution in [0.3, 0.4) is 0 Å². The Hall–Kier alpha value is -2.60. The second kappa shape index (κ2) is 7.96. The highest BCUT2D eigenvalue weighted by atomic mass is 16.5. The van der Waals surface area contributed by atoms with Crippen molar-refractivity contribution in [2.24, 2.45) is 0 Å². The lowest BCUT2D eigenvalue weighted by Crippen LogP contribution is -2.36. The molecule has 2 fully saturated rings. The number of carbonyl (C=O) groups is 1. The maximum Gasteiger partial charge on any atom is 0.253 e. The van der Waals surface area contributed by atoms with Crippen molar-refractivity contribution in [2.45, 2.75) is 19.4 Å².